The van der Waals surface area contributed by atoms with Crippen molar-refractivity contribution in [2.75, 3.05) is 0 Å². The number of unbranched alkanes of at least 4 members (excludes halogenated alkanes) is 1. The fourth-order valence-corrected chi connectivity index (χ4v) is 1.35. The zero-order valence-corrected chi connectivity index (χ0v) is 8.14. The largest absolute Gasteiger partial charge is 0.393 e. The summed E-state index contributed by atoms with van der Waals surface area (Å²) in [5.41, 5.74) is 0. The van der Waals surface area contributed by atoms with E-state index in [0.717, 1.165) is 19.3 Å². The number of aliphatic hydroxyl groups is 1. The summed E-state index contributed by atoms with van der Waals surface area (Å²) in [4.78, 5) is 0. The third-order valence-corrected chi connectivity index (χ3v) is 2.25. The molecule has 11 heavy (non-hydrogen) atoms. The van der Waals surface area contributed by atoms with Gasteiger partial charge in [0, 0.05) is 0 Å². The van der Waals surface area contributed by atoms with Gasteiger partial charge in [0.1, 0.15) is 0 Å². The maximum Gasteiger partial charge on any atom is 0.0565 e. The highest BCUT2D eigenvalue weighted by Crippen LogP contribution is 2.15. The molecular weight excluding hydrogens is 136 g/mol. The molecule has 0 fully saturated rings. The standard InChI is InChI=1S/C10H22O/c1-4-6-8-10(11)9(3)7-5-2/h9-11H,4-8H2,1-3H3. The number of hydrogen-bond donors (Lipinski definition) is 1. The van der Waals surface area contributed by atoms with Crippen molar-refractivity contribution in [3.8, 4) is 0 Å². The molecule has 0 rings (SSSR count). The van der Waals surface area contributed by atoms with Crippen molar-refractivity contribution in [3.63, 3.8) is 0 Å². The van der Waals surface area contributed by atoms with Crippen molar-refractivity contribution < 1.29 is 5.11 Å². The highest BCUT2D eigenvalue weighted by molar-refractivity contribution is 4.63. The molecule has 1 nitrogen and oxygen atoms in total. The monoisotopic (exact) mass is 158 g/mol. The van der Waals surface area contributed by atoms with Gasteiger partial charge in [0.15, 0.2) is 0 Å². The van der Waals surface area contributed by atoms with E-state index in [2.05, 4.69) is 20.8 Å². The Balaban J connectivity index is 3.38. The van der Waals surface area contributed by atoms with Crippen molar-refractivity contribution in [1.29, 1.82) is 0 Å². The highest BCUT2D eigenvalue weighted by atomic mass is 16.3. The lowest BCUT2D eigenvalue weighted by Gasteiger charge is -2.17. The van der Waals surface area contributed by atoms with Crippen molar-refractivity contribution >= 4 is 0 Å². The van der Waals surface area contributed by atoms with Gasteiger partial charge in [0.25, 0.3) is 0 Å². The molecule has 0 aliphatic carbocycles. The van der Waals surface area contributed by atoms with Gasteiger partial charge in [0.05, 0.1) is 6.10 Å². The first-order valence-corrected chi connectivity index (χ1v) is 4.90. The van der Waals surface area contributed by atoms with Crippen LogP contribution in [-0.4, -0.2) is 11.2 Å². The lowest BCUT2D eigenvalue weighted by molar-refractivity contribution is 0.100. The topological polar surface area (TPSA) is 20.2 Å². The van der Waals surface area contributed by atoms with Crippen LogP contribution in [0.2, 0.25) is 0 Å². The van der Waals surface area contributed by atoms with Gasteiger partial charge < -0.3 is 5.11 Å². The highest BCUT2D eigenvalue weighted by Gasteiger charge is 2.11. The molecule has 0 saturated heterocycles. The molecule has 2 unspecified atom stereocenters. The van der Waals surface area contributed by atoms with Crippen molar-refractivity contribution in [3.05, 3.63) is 0 Å². The van der Waals surface area contributed by atoms with E-state index in [4.69, 9.17) is 0 Å². The Morgan fingerprint density at radius 1 is 1.09 bits per heavy atom. The summed E-state index contributed by atoms with van der Waals surface area (Å²) < 4.78 is 0. The Kier molecular flexibility index (Phi) is 6.63. The molecule has 1 N–H and O–H groups in total. The zero-order valence-electron chi connectivity index (χ0n) is 8.14. The van der Waals surface area contributed by atoms with Crippen LogP contribution >= 0.6 is 0 Å². The van der Waals surface area contributed by atoms with Crippen molar-refractivity contribution in [1.82, 2.24) is 0 Å². The molecule has 0 bridgehead atoms. The third-order valence-electron chi connectivity index (χ3n) is 2.25. The molecule has 0 aromatic carbocycles. The van der Waals surface area contributed by atoms with Gasteiger partial charge in [-0.1, -0.05) is 40.0 Å². The predicted molar refractivity (Wildman–Crippen MR) is 49.6 cm³/mol. The summed E-state index contributed by atoms with van der Waals surface area (Å²) in [6.45, 7) is 6.48. The minimum Gasteiger partial charge on any atom is -0.393 e. The SMILES string of the molecule is CCCCC(O)C(C)CCC. The minimum atomic E-state index is -0.0603. The Bertz CT molecular complexity index is 80.9. The van der Waals surface area contributed by atoms with Crippen LogP contribution < -0.4 is 0 Å². The third kappa shape index (κ3) is 5.25. The summed E-state index contributed by atoms with van der Waals surface area (Å²) >= 11 is 0. The lowest BCUT2D eigenvalue weighted by Crippen LogP contribution is -2.16. The normalized spacial score (nSPS) is 16.4. The first kappa shape index (κ1) is 11.0. The van der Waals surface area contributed by atoms with E-state index in [1.54, 1.807) is 0 Å². The molecule has 68 valence electrons. The van der Waals surface area contributed by atoms with Gasteiger partial charge in [-0.3, -0.25) is 0 Å². The molecule has 0 aliphatic rings. The molecule has 0 aliphatic heterocycles. The number of aliphatic hydroxyl groups excluding tert-OH is 1. The van der Waals surface area contributed by atoms with Gasteiger partial charge in [-0.25, -0.2) is 0 Å². The molecule has 0 radical (unpaired) electrons. The van der Waals surface area contributed by atoms with Crippen LogP contribution in [0.3, 0.4) is 0 Å². The van der Waals surface area contributed by atoms with E-state index in [-0.39, 0.29) is 6.10 Å². The van der Waals surface area contributed by atoms with Crippen LogP contribution in [0.15, 0.2) is 0 Å². The second-order valence-electron chi connectivity index (χ2n) is 3.48. The van der Waals surface area contributed by atoms with Crippen LogP contribution in [0.1, 0.15) is 52.9 Å². The fraction of sp³-hybridized carbons (Fsp3) is 1.00. The van der Waals surface area contributed by atoms with Crippen LogP contribution in [-0.2, 0) is 0 Å². The molecule has 2 atom stereocenters. The summed E-state index contributed by atoms with van der Waals surface area (Å²) in [6, 6.07) is 0. The summed E-state index contributed by atoms with van der Waals surface area (Å²) in [7, 11) is 0. The van der Waals surface area contributed by atoms with Crippen molar-refractivity contribution in [2.24, 2.45) is 5.92 Å². The zero-order chi connectivity index (χ0) is 8.69. The molecule has 0 aromatic rings. The molecule has 1 heteroatoms. The Morgan fingerprint density at radius 2 is 1.73 bits per heavy atom. The maximum atomic E-state index is 9.58. The van der Waals surface area contributed by atoms with Crippen LogP contribution in [0.5, 0.6) is 0 Å². The first-order valence-electron chi connectivity index (χ1n) is 4.90. The minimum absolute atomic E-state index is 0.0603. The first-order chi connectivity index (χ1) is 5.22. The Morgan fingerprint density at radius 3 is 2.18 bits per heavy atom. The Labute approximate surface area is 70.8 Å². The van der Waals surface area contributed by atoms with Gasteiger partial charge in [-0.15, -0.1) is 0 Å². The van der Waals surface area contributed by atoms with E-state index in [1.807, 2.05) is 0 Å². The van der Waals surface area contributed by atoms with Gasteiger partial charge in [0.2, 0.25) is 0 Å². The average Bonchev–Trinajstić information content (AvgIpc) is 2.00. The summed E-state index contributed by atoms with van der Waals surface area (Å²) in [6.07, 6.45) is 5.62. The van der Waals surface area contributed by atoms with Crippen molar-refractivity contribution in [2.45, 2.75) is 59.0 Å². The quantitative estimate of drug-likeness (QED) is 0.630. The van der Waals surface area contributed by atoms with Crippen LogP contribution in [0.25, 0.3) is 0 Å². The maximum absolute atomic E-state index is 9.58. The number of rotatable bonds is 6. The molecule has 0 amide bonds. The molecule has 0 spiro atoms. The smallest absolute Gasteiger partial charge is 0.0565 e. The van der Waals surface area contributed by atoms with E-state index < -0.39 is 0 Å². The molecule has 0 heterocycles. The average molecular weight is 158 g/mol. The molecule has 0 saturated carbocycles. The Hall–Kier alpha value is -0.0400. The second-order valence-corrected chi connectivity index (χ2v) is 3.48. The van der Waals surface area contributed by atoms with Gasteiger partial charge in [-0.05, 0) is 18.8 Å². The lowest BCUT2D eigenvalue weighted by atomic mass is 9.95. The molecular formula is C10H22O. The van der Waals surface area contributed by atoms with E-state index in [0.29, 0.717) is 5.92 Å². The van der Waals surface area contributed by atoms with E-state index >= 15 is 0 Å². The van der Waals surface area contributed by atoms with Crippen LogP contribution in [0, 0.1) is 5.92 Å². The summed E-state index contributed by atoms with van der Waals surface area (Å²) in [5.74, 6) is 0.492. The van der Waals surface area contributed by atoms with E-state index in [9.17, 15) is 5.11 Å². The summed E-state index contributed by atoms with van der Waals surface area (Å²) in [5, 5.41) is 9.58. The number of hydrogen-bond acceptors (Lipinski definition) is 1. The fourth-order valence-electron chi connectivity index (χ4n) is 1.35. The second kappa shape index (κ2) is 6.66. The van der Waals surface area contributed by atoms with Gasteiger partial charge >= 0.3 is 0 Å². The van der Waals surface area contributed by atoms with E-state index in [1.165, 1.54) is 12.8 Å². The molecule has 0 aromatic heterocycles. The van der Waals surface area contributed by atoms with Gasteiger partial charge in [-0.2, -0.15) is 0 Å². The predicted octanol–water partition coefficient (Wildman–Crippen LogP) is 2.97. The van der Waals surface area contributed by atoms with Crippen LogP contribution in [0.4, 0.5) is 0 Å².